The number of nitrogens with one attached hydrogen (secondary N) is 1. The van der Waals surface area contributed by atoms with Crippen molar-refractivity contribution in [3.05, 3.63) is 12.2 Å². The van der Waals surface area contributed by atoms with Crippen molar-refractivity contribution < 1.29 is 19.1 Å². The van der Waals surface area contributed by atoms with Gasteiger partial charge >= 0.3 is 6.09 Å². The number of hydrogen-bond donors (Lipinski definition) is 1. The molecule has 0 unspecified atom stereocenters. The molecule has 6 heteroatoms. The maximum atomic E-state index is 11.0. The average molecular weight is 212 g/mol. The molecule has 3 amide bonds. The lowest BCUT2D eigenvalue weighted by Gasteiger charge is -2.13. The predicted molar refractivity (Wildman–Crippen MR) is 50.6 cm³/mol. The third-order valence-electron chi connectivity index (χ3n) is 1.74. The summed E-state index contributed by atoms with van der Waals surface area (Å²) in [4.78, 5) is 33.8. The van der Waals surface area contributed by atoms with Gasteiger partial charge in [-0.15, -0.1) is 0 Å². The number of carbonyl (C=O) groups is 3. The van der Waals surface area contributed by atoms with Gasteiger partial charge in [0.15, 0.2) is 6.73 Å². The number of hydrogen-bond acceptors (Lipinski definition) is 4. The number of ether oxygens (including phenoxy) is 1. The SMILES string of the molecule is CCCNC(=O)OCN1C(=O)C=CC1=O. The Kier molecular flexibility index (Phi) is 3.84. The molecule has 1 aliphatic heterocycles. The largest absolute Gasteiger partial charge is 0.428 e. The molecule has 6 nitrogen and oxygen atoms in total. The molecule has 0 aromatic rings. The smallest absolute Gasteiger partial charge is 0.408 e. The van der Waals surface area contributed by atoms with E-state index >= 15 is 0 Å². The van der Waals surface area contributed by atoms with E-state index < -0.39 is 17.9 Å². The van der Waals surface area contributed by atoms with E-state index in [-0.39, 0.29) is 6.73 Å². The van der Waals surface area contributed by atoms with Crippen molar-refractivity contribution in [3.63, 3.8) is 0 Å². The fourth-order valence-electron chi connectivity index (χ4n) is 0.960. The van der Waals surface area contributed by atoms with Gasteiger partial charge < -0.3 is 10.1 Å². The molecule has 0 radical (unpaired) electrons. The number of rotatable bonds is 4. The summed E-state index contributed by atoms with van der Waals surface area (Å²) in [5, 5.41) is 2.46. The Morgan fingerprint density at radius 1 is 1.40 bits per heavy atom. The van der Waals surface area contributed by atoms with E-state index in [9.17, 15) is 14.4 Å². The minimum atomic E-state index is -0.635. The molecule has 1 heterocycles. The standard InChI is InChI=1S/C9H12N2O4/c1-2-5-10-9(14)15-6-11-7(12)3-4-8(11)13/h3-4H,2,5-6H2,1H3,(H,10,14). The van der Waals surface area contributed by atoms with Gasteiger partial charge in [0.05, 0.1) is 0 Å². The lowest BCUT2D eigenvalue weighted by atomic mass is 10.5. The lowest BCUT2D eigenvalue weighted by molar-refractivity contribution is -0.140. The second-order valence-electron chi connectivity index (χ2n) is 2.93. The van der Waals surface area contributed by atoms with Crippen LogP contribution in [-0.2, 0) is 14.3 Å². The summed E-state index contributed by atoms with van der Waals surface area (Å²) in [6.45, 7) is 2.05. The zero-order valence-electron chi connectivity index (χ0n) is 8.36. The number of amides is 3. The van der Waals surface area contributed by atoms with Crippen LogP contribution in [0.15, 0.2) is 12.2 Å². The number of alkyl carbamates (subject to hydrolysis) is 1. The first-order chi connectivity index (χ1) is 7.15. The highest BCUT2D eigenvalue weighted by Gasteiger charge is 2.24. The first-order valence-corrected chi connectivity index (χ1v) is 4.59. The van der Waals surface area contributed by atoms with Crippen LogP contribution in [0.3, 0.4) is 0 Å². The molecule has 82 valence electrons. The van der Waals surface area contributed by atoms with Gasteiger partial charge in [0.25, 0.3) is 11.8 Å². The summed E-state index contributed by atoms with van der Waals surface area (Å²) >= 11 is 0. The van der Waals surface area contributed by atoms with Gasteiger partial charge in [0.2, 0.25) is 0 Å². The van der Waals surface area contributed by atoms with Crippen LogP contribution in [0.5, 0.6) is 0 Å². The van der Waals surface area contributed by atoms with E-state index in [4.69, 9.17) is 0 Å². The highest BCUT2D eigenvalue weighted by molar-refractivity contribution is 6.12. The van der Waals surface area contributed by atoms with Crippen molar-refractivity contribution in [2.45, 2.75) is 13.3 Å². The first kappa shape index (κ1) is 11.2. The summed E-state index contributed by atoms with van der Waals surface area (Å²) in [6, 6.07) is 0. The van der Waals surface area contributed by atoms with Crippen molar-refractivity contribution in [1.29, 1.82) is 0 Å². The second-order valence-corrected chi connectivity index (χ2v) is 2.93. The third-order valence-corrected chi connectivity index (χ3v) is 1.74. The average Bonchev–Trinajstić information content (AvgIpc) is 2.53. The van der Waals surface area contributed by atoms with Crippen LogP contribution >= 0.6 is 0 Å². The van der Waals surface area contributed by atoms with E-state index in [0.29, 0.717) is 6.54 Å². The van der Waals surface area contributed by atoms with Gasteiger partial charge in [-0.2, -0.15) is 0 Å². The number of nitrogens with zero attached hydrogens (tertiary/aromatic N) is 1. The number of imide groups is 1. The van der Waals surface area contributed by atoms with Gasteiger partial charge in [-0.1, -0.05) is 6.92 Å². The van der Waals surface area contributed by atoms with Crippen molar-refractivity contribution in [3.8, 4) is 0 Å². The Morgan fingerprint density at radius 2 is 2.00 bits per heavy atom. The minimum absolute atomic E-state index is 0.347. The first-order valence-electron chi connectivity index (χ1n) is 4.59. The van der Waals surface area contributed by atoms with Gasteiger partial charge in [0, 0.05) is 18.7 Å². The molecule has 0 aliphatic carbocycles. The summed E-state index contributed by atoms with van der Waals surface area (Å²) < 4.78 is 4.66. The van der Waals surface area contributed by atoms with Crippen molar-refractivity contribution in [2.75, 3.05) is 13.3 Å². The zero-order chi connectivity index (χ0) is 11.3. The molecular formula is C9H12N2O4. The molecule has 0 saturated carbocycles. The van der Waals surface area contributed by atoms with Crippen LogP contribution in [0.1, 0.15) is 13.3 Å². The monoisotopic (exact) mass is 212 g/mol. The van der Waals surface area contributed by atoms with Crippen LogP contribution < -0.4 is 5.32 Å². The minimum Gasteiger partial charge on any atom is -0.428 e. The Morgan fingerprint density at radius 3 is 2.53 bits per heavy atom. The fourth-order valence-corrected chi connectivity index (χ4v) is 0.960. The van der Waals surface area contributed by atoms with Crippen molar-refractivity contribution in [1.82, 2.24) is 10.2 Å². The van der Waals surface area contributed by atoms with Gasteiger partial charge in [-0.3, -0.25) is 9.59 Å². The van der Waals surface area contributed by atoms with E-state index in [1.54, 1.807) is 0 Å². The molecule has 0 aromatic heterocycles. The highest BCUT2D eigenvalue weighted by Crippen LogP contribution is 2.02. The number of carbonyl (C=O) groups excluding carboxylic acids is 3. The molecule has 15 heavy (non-hydrogen) atoms. The highest BCUT2D eigenvalue weighted by atomic mass is 16.6. The fraction of sp³-hybridized carbons (Fsp3) is 0.444. The topological polar surface area (TPSA) is 75.7 Å². The molecule has 0 aromatic carbocycles. The van der Waals surface area contributed by atoms with E-state index in [2.05, 4.69) is 10.1 Å². The Labute approximate surface area is 86.9 Å². The molecule has 1 aliphatic rings. The lowest BCUT2D eigenvalue weighted by Crippen LogP contribution is -2.36. The van der Waals surface area contributed by atoms with Crippen molar-refractivity contribution >= 4 is 17.9 Å². The molecule has 0 atom stereocenters. The molecule has 1 N–H and O–H groups in total. The summed E-state index contributed by atoms with van der Waals surface area (Å²) in [6.07, 6.45) is 2.42. The van der Waals surface area contributed by atoms with Crippen LogP contribution in [0.2, 0.25) is 0 Å². The van der Waals surface area contributed by atoms with Gasteiger partial charge in [-0.25, -0.2) is 9.69 Å². The Hall–Kier alpha value is -1.85. The summed E-state index contributed by atoms with van der Waals surface area (Å²) in [5.74, 6) is -0.938. The maximum Gasteiger partial charge on any atom is 0.408 e. The molecule has 0 bridgehead atoms. The van der Waals surface area contributed by atoms with E-state index in [1.165, 1.54) is 0 Å². The predicted octanol–water partition coefficient (Wildman–Crippen LogP) is 0.00510. The van der Waals surface area contributed by atoms with Crippen LogP contribution in [-0.4, -0.2) is 36.1 Å². The summed E-state index contributed by atoms with van der Waals surface area (Å²) in [7, 11) is 0. The van der Waals surface area contributed by atoms with Gasteiger partial charge in [-0.05, 0) is 6.42 Å². The summed E-state index contributed by atoms with van der Waals surface area (Å²) in [5.41, 5.74) is 0. The van der Waals surface area contributed by atoms with Crippen LogP contribution in [0.25, 0.3) is 0 Å². The Balaban J connectivity index is 2.28. The van der Waals surface area contributed by atoms with Crippen molar-refractivity contribution in [2.24, 2.45) is 0 Å². The maximum absolute atomic E-state index is 11.0. The van der Waals surface area contributed by atoms with E-state index in [1.807, 2.05) is 6.92 Å². The zero-order valence-corrected chi connectivity index (χ0v) is 8.36. The van der Waals surface area contributed by atoms with Crippen LogP contribution in [0, 0.1) is 0 Å². The second kappa shape index (κ2) is 5.14. The molecule has 0 fully saturated rings. The molecule has 1 rings (SSSR count). The third kappa shape index (κ3) is 3.08. The Bertz CT molecular complexity index is 293. The molecular weight excluding hydrogens is 200 g/mol. The quantitative estimate of drug-likeness (QED) is 0.666. The van der Waals surface area contributed by atoms with E-state index in [0.717, 1.165) is 23.5 Å². The molecule has 0 spiro atoms. The molecule has 0 saturated heterocycles. The normalized spacial score (nSPS) is 14.6. The van der Waals surface area contributed by atoms with Crippen LogP contribution in [0.4, 0.5) is 4.79 Å². The van der Waals surface area contributed by atoms with Gasteiger partial charge in [0.1, 0.15) is 0 Å².